The molecule has 0 bridgehead atoms. The molecule has 0 fully saturated rings. The van der Waals surface area contributed by atoms with Crippen molar-refractivity contribution in [2.24, 2.45) is 0 Å². The van der Waals surface area contributed by atoms with Crippen LogP contribution >= 0.6 is 11.3 Å². The van der Waals surface area contributed by atoms with Crippen molar-refractivity contribution in [3.05, 3.63) is 35.5 Å². The Morgan fingerprint density at radius 3 is 2.93 bits per heavy atom. The highest BCUT2D eigenvalue weighted by Gasteiger charge is 2.09. The SMILES string of the molecule is Cc1nc(-c2csc3ccccc23)n[nH]1. The van der Waals surface area contributed by atoms with Gasteiger partial charge in [-0.3, -0.25) is 5.10 Å². The van der Waals surface area contributed by atoms with Gasteiger partial charge in [0.1, 0.15) is 5.82 Å². The zero-order chi connectivity index (χ0) is 10.3. The number of aryl methyl sites for hydroxylation is 1. The van der Waals surface area contributed by atoms with Crippen LogP contribution in [-0.2, 0) is 0 Å². The molecule has 0 aliphatic rings. The minimum Gasteiger partial charge on any atom is -0.263 e. The highest BCUT2D eigenvalue weighted by molar-refractivity contribution is 7.17. The number of rotatable bonds is 1. The summed E-state index contributed by atoms with van der Waals surface area (Å²) in [6.45, 7) is 1.91. The molecular weight excluding hydrogens is 206 g/mol. The summed E-state index contributed by atoms with van der Waals surface area (Å²) in [6.07, 6.45) is 0. The lowest BCUT2D eigenvalue weighted by atomic mass is 10.2. The predicted octanol–water partition coefficient (Wildman–Crippen LogP) is 2.99. The molecule has 4 heteroatoms. The zero-order valence-electron chi connectivity index (χ0n) is 8.19. The van der Waals surface area contributed by atoms with E-state index in [0.29, 0.717) is 0 Å². The lowest BCUT2D eigenvalue weighted by Gasteiger charge is -1.91. The Labute approximate surface area is 90.8 Å². The Kier molecular flexibility index (Phi) is 1.82. The number of benzene rings is 1. The van der Waals surface area contributed by atoms with Crippen LogP contribution in [0, 0.1) is 6.92 Å². The van der Waals surface area contributed by atoms with Crippen molar-refractivity contribution in [3.63, 3.8) is 0 Å². The summed E-state index contributed by atoms with van der Waals surface area (Å²) in [6, 6.07) is 8.31. The highest BCUT2D eigenvalue weighted by atomic mass is 32.1. The fourth-order valence-corrected chi connectivity index (χ4v) is 2.55. The Hall–Kier alpha value is -1.68. The fraction of sp³-hybridized carbons (Fsp3) is 0.0909. The van der Waals surface area contributed by atoms with Crippen molar-refractivity contribution in [2.45, 2.75) is 6.92 Å². The van der Waals surface area contributed by atoms with Gasteiger partial charge in [0.05, 0.1) is 0 Å². The highest BCUT2D eigenvalue weighted by Crippen LogP contribution is 2.31. The first-order chi connectivity index (χ1) is 7.34. The van der Waals surface area contributed by atoms with Crippen LogP contribution in [0.1, 0.15) is 5.82 Å². The third kappa shape index (κ3) is 1.34. The largest absolute Gasteiger partial charge is 0.263 e. The van der Waals surface area contributed by atoms with E-state index >= 15 is 0 Å². The number of hydrogen-bond donors (Lipinski definition) is 1. The summed E-state index contributed by atoms with van der Waals surface area (Å²) in [7, 11) is 0. The predicted molar refractivity (Wildman–Crippen MR) is 61.9 cm³/mol. The fourth-order valence-electron chi connectivity index (χ4n) is 1.61. The van der Waals surface area contributed by atoms with E-state index < -0.39 is 0 Å². The molecular formula is C11H9N3S. The first-order valence-electron chi connectivity index (χ1n) is 4.70. The Bertz CT molecular complexity index is 609. The van der Waals surface area contributed by atoms with Crippen LogP contribution in [0.4, 0.5) is 0 Å². The van der Waals surface area contributed by atoms with Gasteiger partial charge in [-0.1, -0.05) is 18.2 Å². The number of hydrogen-bond acceptors (Lipinski definition) is 3. The number of fused-ring (bicyclic) bond motifs is 1. The molecule has 0 spiro atoms. The lowest BCUT2D eigenvalue weighted by molar-refractivity contribution is 1.04. The van der Waals surface area contributed by atoms with Gasteiger partial charge in [0.25, 0.3) is 0 Å². The standard InChI is InChI=1S/C11H9N3S/c1-7-12-11(14-13-7)9-6-15-10-5-3-2-4-8(9)10/h2-6H,1H3,(H,12,13,14). The van der Waals surface area contributed by atoms with Crippen molar-refractivity contribution < 1.29 is 0 Å². The second-order valence-corrected chi connectivity index (χ2v) is 4.30. The Balaban J connectivity index is 2.27. The topological polar surface area (TPSA) is 41.6 Å². The van der Waals surface area contributed by atoms with Crippen LogP contribution in [0.25, 0.3) is 21.5 Å². The molecule has 74 valence electrons. The first-order valence-corrected chi connectivity index (χ1v) is 5.58. The van der Waals surface area contributed by atoms with Crippen molar-refractivity contribution >= 4 is 21.4 Å². The van der Waals surface area contributed by atoms with Gasteiger partial charge in [-0.2, -0.15) is 5.10 Å². The van der Waals surface area contributed by atoms with Crippen LogP contribution in [0.5, 0.6) is 0 Å². The zero-order valence-corrected chi connectivity index (χ0v) is 9.01. The number of H-pyrrole nitrogens is 1. The van der Waals surface area contributed by atoms with Gasteiger partial charge in [-0.05, 0) is 13.0 Å². The Morgan fingerprint density at radius 2 is 2.13 bits per heavy atom. The van der Waals surface area contributed by atoms with Gasteiger partial charge >= 0.3 is 0 Å². The van der Waals surface area contributed by atoms with Crippen LogP contribution in [0.15, 0.2) is 29.6 Å². The van der Waals surface area contributed by atoms with Crippen LogP contribution < -0.4 is 0 Å². The average Bonchev–Trinajstić information content (AvgIpc) is 2.83. The third-order valence-corrected chi connectivity index (χ3v) is 3.28. The molecule has 1 aromatic carbocycles. The smallest absolute Gasteiger partial charge is 0.182 e. The molecule has 2 aromatic heterocycles. The molecule has 0 saturated heterocycles. The third-order valence-electron chi connectivity index (χ3n) is 2.32. The first kappa shape index (κ1) is 8.61. The molecule has 0 atom stereocenters. The molecule has 0 aliphatic heterocycles. The van der Waals surface area contributed by atoms with E-state index in [2.05, 4.69) is 32.7 Å². The van der Waals surface area contributed by atoms with E-state index in [1.807, 2.05) is 19.1 Å². The maximum absolute atomic E-state index is 4.34. The molecule has 2 heterocycles. The van der Waals surface area contributed by atoms with Gasteiger partial charge in [0.2, 0.25) is 0 Å². The van der Waals surface area contributed by atoms with Gasteiger partial charge in [-0.15, -0.1) is 11.3 Å². The van der Waals surface area contributed by atoms with Gasteiger partial charge in [0.15, 0.2) is 5.82 Å². The maximum atomic E-state index is 4.34. The molecule has 15 heavy (non-hydrogen) atoms. The second kappa shape index (κ2) is 3.17. The minimum absolute atomic E-state index is 0.782. The normalized spacial score (nSPS) is 11.0. The second-order valence-electron chi connectivity index (χ2n) is 3.39. The molecule has 3 rings (SSSR count). The number of thiophene rings is 1. The molecule has 0 unspecified atom stereocenters. The quantitative estimate of drug-likeness (QED) is 0.678. The number of aromatic amines is 1. The average molecular weight is 215 g/mol. The Morgan fingerprint density at radius 1 is 1.27 bits per heavy atom. The molecule has 1 N–H and O–H groups in total. The monoisotopic (exact) mass is 215 g/mol. The summed E-state index contributed by atoms with van der Waals surface area (Å²) in [5.74, 6) is 1.63. The van der Waals surface area contributed by atoms with E-state index in [-0.39, 0.29) is 0 Å². The molecule has 0 radical (unpaired) electrons. The summed E-state index contributed by atoms with van der Waals surface area (Å²) in [5, 5.41) is 10.4. The van der Waals surface area contributed by atoms with Crippen LogP contribution in [0.3, 0.4) is 0 Å². The van der Waals surface area contributed by atoms with E-state index in [4.69, 9.17) is 0 Å². The van der Waals surface area contributed by atoms with Crippen LogP contribution in [-0.4, -0.2) is 15.2 Å². The molecule has 3 nitrogen and oxygen atoms in total. The summed E-state index contributed by atoms with van der Waals surface area (Å²) >= 11 is 1.72. The van der Waals surface area contributed by atoms with Gasteiger partial charge in [0, 0.05) is 21.0 Å². The molecule has 0 saturated carbocycles. The maximum Gasteiger partial charge on any atom is 0.182 e. The summed E-state index contributed by atoms with van der Waals surface area (Å²) < 4.78 is 1.27. The van der Waals surface area contributed by atoms with E-state index in [9.17, 15) is 0 Å². The van der Waals surface area contributed by atoms with Crippen molar-refractivity contribution in [1.29, 1.82) is 0 Å². The summed E-state index contributed by atoms with van der Waals surface area (Å²) in [5.41, 5.74) is 1.11. The number of aromatic nitrogens is 3. The van der Waals surface area contributed by atoms with Crippen molar-refractivity contribution in [1.82, 2.24) is 15.2 Å². The van der Waals surface area contributed by atoms with E-state index in [0.717, 1.165) is 17.2 Å². The summed E-state index contributed by atoms with van der Waals surface area (Å²) in [4.78, 5) is 4.34. The lowest BCUT2D eigenvalue weighted by Crippen LogP contribution is -1.77. The molecule has 0 amide bonds. The molecule has 0 aliphatic carbocycles. The van der Waals surface area contributed by atoms with Crippen molar-refractivity contribution in [2.75, 3.05) is 0 Å². The van der Waals surface area contributed by atoms with Crippen molar-refractivity contribution in [3.8, 4) is 11.4 Å². The number of nitrogens with one attached hydrogen (secondary N) is 1. The van der Waals surface area contributed by atoms with E-state index in [1.54, 1.807) is 11.3 Å². The van der Waals surface area contributed by atoms with Gasteiger partial charge in [-0.25, -0.2) is 4.98 Å². The number of nitrogens with zero attached hydrogens (tertiary/aromatic N) is 2. The van der Waals surface area contributed by atoms with E-state index in [1.165, 1.54) is 10.1 Å². The van der Waals surface area contributed by atoms with Crippen LogP contribution in [0.2, 0.25) is 0 Å². The minimum atomic E-state index is 0.782. The molecule has 3 aromatic rings. The van der Waals surface area contributed by atoms with Gasteiger partial charge < -0.3 is 0 Å².